The van der Waals surface area contributed by atoms with Crippen LogP contribution in [0.2, 0.25) is 0 Å². The number of nitrogens with zero attached hydrogens (tertiary/aromatic N) is 2. The summed E-state index contributed by atoms with van der Waals surface area (Å²) in [6.45, 7) is 6.09. The third kappa shape index (κ3) is 4.54. The molecule has 30 heavy (non-hydrogen) atoms. The van der Waals surface area contributed by atoms with E-state index < -0.39 is 0 Å². The molecule has 2 aromatic carbocycles. The summed E-state index contributed by atoms with van der Waals surface area (Å²) in [5.41, 5.74) is 4.22. The number of aromatic nitrogens is 2. The van der Waals surface area contributed by atoms with E-state index in [-0.39, 0.29) is 5.91 Å². The van der Waals surface area contributed by atoms with Crippen LogP contribution in [0.15, 0.2) is 54.6 Å². The number of rotatable bonds is 7. The van der Waals surface area contributed by atoms with E-state index in [0.717, 1.165) is 29.2 Å². The molecule has 156 valence electrons. The van der Waals surface area contributed by atoms with Crippen molar-refractivity contribution in [2.75, 3.05) is 33.3 Å². The Morgan fingerprint density at radius 2 is 1.90 bits per heavy atom. The van der Waals surface area contributed by atoms with Gasteiger partial charge in [0.2, 0.25) is 0 Å². The zero-order chi connectivity index (χ0) is 20.9. The molecular weight excluding hydrogens is 376 g/mol. The van der Waals surface area contributed by atoms with E-state index in [4.69, 9.17) is 9.84 Å². The Kier molecular flexibility index (Phi) is 6.14. The molecule has 4 rings (SSSR count). The quantitative estimate of drug-likeness (QED) is 0.634. The number of hydrogen-bond acceptors (Lipinski definition) is 3. The minimum atomic E-state index is -0.101. The molecule has 0 bridgehead atoms. The number of ether oxygens (including phenoxy) is 1. The summed E-state index contributed by atoms with van der Waals surface area (Å²) < 4.78 is 7.07. The number of aryl methyl sites for hydroxylation is 1. The molecule has 1 aliphatic heterocycles. The summed E-state index contributed by atoms with van der Waals surface area (Å²) in [6.07, 6.45) is 2.57. The van der Waals surface area contributed by atoms with E-state index in [2.05, 4.69) is 5.32 Å². The maximum absolute atomic E-state index is 13.0. The Hall–Kier alpha value is -3.12. The van der Waals surface area contributed by atoms with Gasteiger partial charge in [-0.15, -0.1) is 0 Å². The van der Waals surface area contributed by atoms with Crippen LogP contribution < -0.4 is 15.0 Å². The van der Waals surface area contributed by atoms with E-state index in [1.807, 2.05) is 61.5 Å². The molecule has 0 aliphatic carbocycles. The number of nitrogens with one attached hydrogen (secondary N) is 2. The Balaban J connectivity index is 1.61. The van der Waals surface area contributed by atoms with Gasteiger partial charge < -0.3 is 15.0 Å². The Labute approximate surface area is 177 Å². The van der Waals surface area contributed by atoms with E-state index in [0.29, 0.717) is 12.2 Å². The van der Waals surface area contributed by atoms with Gasteiger partial charge in [0.25, 0.3) is 5.91 Å². The number of methoxy groups -OCH3 is 1. The molecule has 0 saturated carbocycles. The SMILES string of the molecule is COc1cccc(-c2cc(C(=O)NCC[NH+]3CCCC3)n(-c3ccc(C)cc3)n2)c1. The molecule has 1 fully saturated rings. The van der Waals surface area contributed by atoms with Crippen LogP contribution in [-0.2, 0) is 0 Å². The zero-order valence-corrected chi connectivity index (χ0v) is 17.6. The van der Waals surface area contributed by atoms with E-state index in [9.17, 15) is 4.79 Å². The summed E-state index contributed by atoms with van der Waals surface area (Å²) in [5, 5.41) is 7.85. The summed E-state index contributed by atoms with van der Waals surface area (Å²) >= 11 is 0. The second-order valence-corrected chi connectivity index (χ2v) is 7.86. The van der Waals surface area contributed by atoms with Crippen molar-refractivity contribution in [1.82, 2.24) is 15.1 Å². The number of carbonyl (C=O) groups excluding carboxylic acids is 1. The van der Waals surface area contributed by atoms with Gasteiger partial charge in [-0.25, -0.2) is 4.68 Å². The molecule has 0 unspecified atom stereocenters. The van der Waals surface area contributed by atoms with Crippen molar-refractivity contribution in [1.29, 1.82) is 0 Å². The van der Waals surface area contributed by atoms with Gasteiger partial charge in [-0.1, -0.05) is 29.8 Å². The summed E-state index contributed by atoms with van der Waals surface area (Å²) in [5.74, 6) is 0.660. The van der Waals surface area contributed by atoms with Crippen molar-refractivity contribution >= 4 is 5.91 Å². The standard InChI is InChI=1S/C24H28N4O2/c1-18-8-10-20(11-9-18)28-23(24(29)25-12-15-27-13-3-4-14-27)17-22(26-28)19-6-5-7-21(16-19)30-2/h5-11,16-17H,3-4,12-15H2,1-2H3,(H,25,29)/p+1. The van der Waals surface area contributed by atoms with Crippen LogP contribution in [0.5, 0.6) is 5.75 Å². The van der Waals surface area contributed by atoms with Crippen molar-refractivity contribution in [3.05, 3.63) is 65.9 Å². The number of amides is 1. The monoisotopic (exact) mass is 405 g/mol. The van der Waals surface area contributed by atoms with Gasteiger partial charge in [-0.2, -0.15) is 5.10 Å². The van der Waals surface area contributed by atoms with Crippen LogP contribution in [0.3, 0.4) is 0 Å². The molecule has 1 amide bonds. The average Bonchev–Trinajstić information content (AvgIpc) is 3.44. The molecule has 1 aliphatic rings. The van der Waals surface area contributed by atoms with E-state index in [1.165, 1.54) is 31.5 Å². The maximum Gasteiger partial charge on any atom is 0.270 e. The highest BCUT2D eigenvalue weighted by molar-refractivity contribution is 5.94. The highest BCUT2D eigenvalue weighted by Crippen LogP contribution is 2.25. The van der Waals surface area contributed by atoms with Gasteiger partial charge in [0.05, 0.1) is 44.7 Å². The first-order valence-corrected chi connectivity index (χ1v) is 10.6. The molecule has 3 aromatic rings. The van der Waals surface area contributed by atoms with Gasteiger partial charge >= 0.3 is 0 Å². The van der Waals surface area contributed by atoms with Crippen LogP contribution in [0.4, 0.5) is 0 Å². The molecular formula is C24H29N4O2+. The van der Waals surface area contributed by atoms with Crippen molar-refractivity contribution in [3.8, 4) is 22.7 Å². The fourth-order valence-electron chi connectivity index (χ4n) is 3.92. The second kappa shape index (κ2) is 9.13. The molecule has 0 radical (unpaired) electrons. The van der Waals surface area contributed by atoms with E-state index in [1.54, 1.807) is 16.7 Å². The number of hydrogen-bond donors (Lipinski definition) is 2. The number of quaternary nitrogens is 1. The largest absolute Gasteiger partial charge is 0.497 e. The van der Waals surface area contributed by atoms with Gasteiger partial charge in [0.1, 0.15) is 11.4 Å². The molecule has 0 spiro atoms. The second-order valence-electron chi connectivity index (χ2n) is 7.86. The van der Waals surface area contributed by atoms with Crippen molar-refractivity contribution in [3.63, 3.8) is 0 Å². The first-order valence-electron chi connectivity index (χ1n) is 10.6. The predicted octanol–water partition coefficient (Wildman–Crippen LogP) is 2.26. The maximum atomic E-state index is 13.0. The normalized spacial score (nSPS) is 14.1. The summed E-state index contributed by atoms with van der Waals surface area (Å²) in [7, 11) is 1.64. The van der Waals surface area contributed by atoms with Gasteiger partial charge in [0, 0.05) is 18.4 Å². The van der Waals surface area contributed by atoms with Crippen molar-refractivity contribution < 1.29 is 14.4 Å². The van der Waals surface area contributed by atoms with Gasteiger partial charge in [0.15, 0.2) is 0 Å². The first-order chi connectivity index (χ1) is 14.6. The summed E-state index contributed by atoms with van der Waals surface area (Å²) in [4.78, 5) is 14.6. The average molecular weight is 406 g/mol. The first kappa shape index (κ1) is 20.2. The van der Waals surface area contributed by atoms with Gasteiger partial charge in [-0.3, -0.25) is 4.79 Å². The predicted molar refractivity (Wildman–Crippen MR) is 117 cm³/mol. The molecule has 6 heteroatoms. The Morgan fingerprint density at radius 3 is 2.63 bits per heavy atom. The Bertz CT molecular complexity index is 1000. The molecule has 1 aromatic heterocycles. The zero-order valence-electron chi connectivity index (χ0n) is 17.6. The fourth-order valence-corrected chi connectivity index (χ4v) is 3.92. The number of carbonyl (C=O) groups is 1. The highest BCUT2D eigenvalue weighted by Gasteiger charge is 2.19. The minimum Gasteiger partial charge on any atom is -0.497 e. The smallest absolute Gasteiger partial charge is 0.270 e. The van der Waals surface area contributed by atoms with E-state index >= 15 is 0 Å². The third-order valence-corrected chi connectivity index (χ3v) is 5.66. The summed E-state index contributed by atoms with van der Waals surface area (Å²) in [6, 6.07) is 17.6. The lowest BCUT2D eigenvalue weighted by Crippen LogP contribution is -3.10. The fraction of sp³-hybridized carbons (Fsp3) is 0.333. The molecule has 2 heterocycles. The Morgan fingerprint density at radius 1 is 1.13 bits per heavy atom. The molecule has 6 nitrogen and oxygen atoms in total. The van der Waals surface area contributed by atoms with Crippen molar-refractivity contribution in [2.45, 2.75) is 19.8 Å². The topological polar surface area (TPSA) is 60.6 Å². The lowest BCUT2D eigenvalue weighted by molar-refractivity contribution is -0.886. The van der Waals surface area contributed by atoms with Crippen LogP contribution in [0.1, 0.15) is 28.9 Å². The van der Waals surface area contributed by atoms with Crippen molar-refractivity contribution in [2.24, 2.45) is 0 Å². The number of benzene rings is 2. The lowest BCUT2D eigenvalue weighted by Gasteiger charge is -2.13. The molecule has 0 atom stereocenters. The van der Waals surface area contributed by atoms with Crippen LogP contribution in [-0.4, -0.2) is 49.0 Å². The van der Waals surface area contributed by atoms with Crippen LogP contribution in [0, 0.1) is 6.92 Å². The molecule has 1 saturated heterocycles. The highest BCUT2D eigenvalue weighted by atomic mass is 16.5. The minimum absolute atomic E-state index is 0.101. The van der Waals surface area contributed by atoms with Crippen LogP contribution in [0.25, 0.3) is 16.9 Å². The number of likely N-dealkylation sites (tertiary alicyclic amines) is 1. The third-order valence-electron chi connectivity index (χ3n) is 5.66. The van der Waals surface area contributed by atoms with Crippen LogP contribution >= 0.6 is 0 Å². The molecule has 2 N–H and O–H groups in total. The lowest BCUT2D eigenvalue weighted by atomic mass is 10.1. The van der Waals surface area contributed by atoms with Gasteiger partial charge in [-0.05, 0) is 37.3 Å².